The van der Waals surface area contributed by atoms with Crippen molar-refractivity contribution in [3.05, 3.63) is 0 Å². The molecule has 0 aromatic carbocycles. The van der Waals surface area contributed by atoms with Gasteiger partial charge >= 0.3 is 0 Å². The summed E-state index contributed by atoms with van der Waals surface area (Å²) in [7, 11) is 0. The zero-order valence-electron chi connectivity index (χ0n) is 15.2. The second kappa shape index (κ2) is 16.3. The number of hydrogen-bond donors (Lipinski definition) is 0. The summed E-state index contributed by atoms with van der Waals surface area (Å²) in [5, 5.41) is 0. The van der Waals surface area contributed by atoms with E-state index in [0.29, 0.717) is 0 Å². The van der Waals surface area contributed by atoms with Crippen LogP contribution in [0.15, 0.2) is 0 Å². The fourth-order valence-corrected chi connectivity index (χ4v) is 2.40. The van der Waals surface area contributed by atoms with Crippen molar-refractivity contribution < 1.29 is 9.47 Å². The summed E-state index contributed by atoms with van der Waals surface area (Å²) in [4.78, 5) is 0. The summed E-state index contributed by atoms with van der Waals surface area (Å²) in [6.07, 6.45) is 13.7. The van der Waals surface area contributed by atoms with Crippen LogP contribution in [0.2, 0.25) is 0 Å². The third-order valence-electron chi connectivity index (χ3n) is 3.82. The zero-order chi connectivity index (χ0) is 15.8. The Morgan fingerprint density at radius 3 is 1.76 bits per heavy atom. The maximum atomic E-state index is 5.96. The highest BCUT2D eigenvalue weighted by molar-refractivity contribution is 4.51. The highest BCUT2D eigenvalue weighted by Crippen LogP contribution is 2.12. The lowest BCUT2D eigenvalue weighted by Crippen LogP contribution is -2.19. The molecule has 0 rings (SSSR count). The Morgan fingerprint density at radius 1 is 0.619 bits per heavy atom. The third kappa shape index (κ3) is 16.1. The monoisotopic (exact) mass is 300 g/mol. The van der Waals surface area contributed by atoms with Crippen molar-refractivity contribution in [2.75, 3.05) is 13.2 Å². The largest absolute Gasteiger partial charge is 0.353 e. The Balaban J connectivity index is 3.74. The molecule has 1 atom stereocenters. The van der Waals surface area contributed by atoms with E-state index in [9.17, 15) is 0 Å². The minimum atomic E-state index is 0.0376. The molecule has 21 heavy (non-hydrogen) atoms. The number of rotatable bonds is 16. The molecule has 0 radical (unpaired) electrons. The van der Waals surface area contributed by atoms with Gasteiger partial charge < -0.3 is 9.47 Å². The minimum absolute atomic E-state index is 0.0376. The van der Waals surface area contributed by atoms with Gasteiger partial charge in [-0.1, -0.05) is 66.2 Å². The standard InChI is InChI=1S/C19H40O2/c1-5-7-9-11-15-19(20-16-12-10-8-6-2)21-17-13-14-18(3)4/h18-19H,5-17H2,1-4H3. The summed E-state index contributed by atoms with van der Waals surface area (Å²) < 4.78 is 11.9. The van der Waals surface area contributed by atoms with Gasteiger partial charge in [0.2, 0.25) is 0 Å². The van der Waals surface area contributed by atoms with E-state index in [2.05, 4.69) is 27.7 Å². The van der Waals surface area contributed by atoms with Crippen molar-refractivity contribution in [3.63, 3.8) is 0 Å². The van der Waals surface area contributed by atoms with Crippen LogP contribution in [-0.2, 0) is 9.47 Å². The molecular weight excluding hydrogens is 260 g/mol. The average Bonchev–Trinajstić information content (AvgIpc) is 2.46. The van der Waals surface area contributed by atoms with Gasteiger partial charge in [0, 0.05) is 13.2 Å². The predicted molar refractivity (Wildman–Crippen MR) is 92.7 cm³/mol. The molecule has 0 aromatic heterocycles. The first-order valence-corrected chi connectivity index (χ1v) is 9.43. The fourth-order valence-electron chi connectivity index (χ4n) is 2.40. The Bertz CT molecular complexity index is 192. The second-order valence-electron chi connectivity index (χ2n) is 6.62. The van der Waals surface area contributed by atoms with E-state index in [1.165, 1.54) is 57.8 Å². The van der Waals surface area contributed by atoms with Crippen LogP contribution in [0.25, 0.3) is 0 Å². The highest BCUT2D eigenvalue weighted by Gasteiger charge is 2.09. The molecule has 0 saturated heterocycles. The van der Waals surface area contributed by atoms with E-state index in [-0.39, 0.29) is 6.29 Å². The topological polar surface area (TPSA) is 18.5 Å². The van der Waals surface area contributed by atoms with Crippen molar-refractivity contribution in [2.24, 2.45) is 5.92 Å². The van der Waals surface area contributed by atoms with Gasteiger partial charge in [0.1, 0.15) is 0 Å². The SMILES string of the molecule is CCCCCCOC(CCCCCC)OCCCC(C)C. The molecule has 0 aliphatic heterocycles. The Kier molecular flexibility index (Phi) is 16.2. The molecular formula is C19H40O2. The summed E-state index contributed by atoms with van der Waals surface area (Å²) in [6, 6.07) is 0. The van der Waals surface area contributed by atoms with Crippen LogP contribution in [0.5, 0.6) is 0 Å². The maximum absolute atomic E-state index is 5.96. The summed E-state index contributed by atoms with van der Waals surface area (Å²) >= 11 is 0. The van der Waals surface area contributed by atoms with Crippen LogP contribution in [0, 0.1) is 5.92 Å². The molecule has 0 heterocycles. The molecule has 0 aliphatic carbocycles. The van der Waals surface area contributed by atoms with E-state index in [1.54, 1.807) is 0 Å². The first-order chi connectivity index (χ1) is 10.2. The van der Waals surface area contributed by atoms with Gasteiger partial charge in [-0.15, -0.1) is 0 Å². The van der Waals surface area contributed by atoms with Gasteiger partial charge in [0.15, 0.2) is 6.29 Å². The number of unbranched alkanes of at least 4 members (excludes halogenated alkanes) is 6. The molecule has 2 heteroatoms. The van der Waals surface area contributed by atoms with E-state index >= 15 is 0 Å². The normalized spacial score (nSPS) is 13.0. The summed E-state index contributed by atoms with van der Waals surface area (Å²) in [5.41, 5.74) is 0. The van der Waals surface area contributed by atoms with Crippen LogP contribution in [0.1, 0.15) is 98.3 Å². The molecule has 0 aromatic rings. The molecule has 128 valence electrons. The molecule has 0 fully saturated rings. The number of hydrogen-bond acceptors (Lipinski definition) is 2. The molecule has 0 amide bonds. The first-order valence-electron chi connectivity index (χ1n) is 9.43. The van der Waals surface area contributed by atoms with Crippen LogP contribution in [0.3, 0.4) is 0 Å². The van der Waals surface area contributed by atoms with E-state index in [0.717, 1.165) is 32.0 Å². The third-order valence-corrected chi connectivity index (χ3v) is 3.82. The van der Waals surface area contributed by atoms with E-state index in [4.69, 9.17) is 9.47 Å². The van der Waals surface area contributed by atoms with E-state index in [1.807, 2.05) is 0 Å². The van der Waals surface area contributed by atoms with Crippen molar-refractivity contribution in [1.82, 2.24) is 0 Å². The Labute approximate surface area is 134 Å². The van der Waals surface area contributed by atoms with Crippen LogP contribution in [-0.4, -0.2) is 19.5 Å². The Morgan fingerprint density at radius 2 is 1.19 bits per heavy atom. The molecule has 0 saturated carbocycles. The summed E-state index contributed by atoms with van der Waals surface area (Å²) in [5.74, 6) is 0.770. The van der Waals surface area contributed by atoms with Gasteiger partial charge in [-0.2, -0.15) is 0 Å². The van der Waals surface area contributed by atoms with Gasteiger partial charge in [0.25, 0.3) is 0 Å². The van der Waals surface area contributed by atoms with Crippen LogP contribution < -0.4 is 0 Å². The molecule has 1 unspecified atom stereocenters. The smallest absolute Gasteiger partial charge is 0.157 e. The molecule has 0 aliphatic rings. The lowest BCUT2D eigenvalue weighted by Gasteiger charge is -2.19. The molecule has 0 spiro atoms. The Hall–Kier alpha value is -0.0800. The molecule has 0 N–H and O–H groups in total. The molecule has 0 bridgehead atoms. The van der Waals surface area contributed by atoms with Crippen LogP contribution >= 0.6 is 0 Å². The van der Waals surface area contributed by atoms with Crippen molar-refractivity contribution in [1.29, 1.82) is 0 Å². The maximum Gasteiger partial charge on any atom is 0.157 e. The first kappa shape index (κ1) is 20.9. The van der Waals surface area contributed by atoms with Crippen molar-refractivity contribution in [3.8, 4) is 0 Å². The lowest BCUT2D eigenvalue weighted by atomic mass is 10.1. The highest BCUT2D eigenvalue weighted by atomic mass is 16.7. The predicted octanol–water partition coefficient (Wildman–Crippen LogP) is 6.33. The number of ether oxygens (including phenoxy) is 2. The fraction of sp³-hybridized carbons (Fsp3) is 1.00. The summed E-state index contributed by atoms with van der Waals surface area (Å²) in [6.45, 7) is 10.8. The molecule has 2 nitrogen and oxygen atoms in total. The van der Waals surface area contributed by atoms with Gasteiger partial charge in [-0.05, 0) is 38.0 Å². The van der Waals surface area contributed by atoms with Crippen molar-refractivity contribution in [2.45, 2.75) is 105 Å². The lowest BCUT2D eigenvalue weighted by molar-refractivity contribution is -0.148. The van der Waals surface area contributed by atoms with Crippen LogP contribution in [0.4, 0.5) is 0 Å². The minimum Gasteiger partial charge on any atom is -0.353 e. The van der Waals surface area contributed by atoms with Crippen molar-refractivity contribution >= 4 is 0 Å². The van der Waals surface area contributed by atoms with Gasteiger partial charge in [-0.25, -0.2) is 0 Å². The van der Waals surface area contributed by atoms with Gasteiger partial charge in [0.05, 0.1) is 0 Å². The second-order valence-corrected chi connectivity index (χ2v) is 6.62. The average molecular weight is 301 g/mol. The quantitative estimate of drug-likeness (QED) is 0.245. The van der Waals surface area contributed by atoms with Gasteiger partial charge in [-0.3, -0.25) is 0 Å². The zero-order valence-corrected chi connectivity index (χ0v) is 15.2. The van der Waals surface area contributed by atoms with E-state index < -0.39 is 0 Å².